The predicted molar refractivity (Wildman–Crippen MR) is 73.9 cm³/mol. The molecule has 3 heteroatoms. The third-order valence-corrected chi connectivity index (χ3v) is 3.14. The van der Waals surface area contributed by atoms with Crippen molar-refractivity contribution in [2.45, 2.75) is 6.92 Å². The molecule has 0 N–H and O–H groups in total. The maximum atomic E-state index is 10.8. The number of pyridine rings is 1. The summed E-state index contributed by atoms with van der Waals surface area (Å²) in [6.07, 6.45) is 7.72. The second-order valence-corrected chi connectivity index (χ2v) is 4.85. The Kier molecular flexibility index (Phi) is 3.94. The van der Waals surface area contributed by atoms with E-state index in [1.807, 2.05) is 42.7 Å². The number of benzene rings is 1. The molecule has 1 aromatic carbocycles. The number of aromatic nitrogens is 1. The standard InChI is InChI=1S/C14H13NOS/c1-11(16)17-8-4-6-13-10-15-9-12-5-2-3-7-14(12)13/h2-7,9-10H,8H2,1H3. The molecule has 0 aliphatic rings. The lowest BCUT2D eigenvalue weighted by atomic mass is 10.1. The highest BCUT2D eigenvalue weighted by molar-refractivity contribution is 8.13. The zero-order chi connectivity index (χ0) is 12.1. The minimum absolute atomic E-state index is 0.144. The SMILES string of the molecule is CC(=O)SCC=Cc1cncc2ccccc12. The van der Waals surface area contributed by atoms with Crippen molar-refractivity contribution in [3.8, 4) is 0 Å². The number of carbonyl (C=O) groups is 1. The fourth-order valence-corrected chi connectivity index (χ4v) is 2.04. The quantitative estimate of drug-likeness (QED) is 0.826. The third kappa shape index (κ3) is 3.17. The van der Waals surface area contributed by atoms with Crippen molar-refractivity contribution < 1.29 is 4.79 Å². The van der Waals surface area contributed by atoms with Crippen LogP contribution in [-0.4, -0.2) is 15.9 Å². The Balaban J connectivity index is 2.21. The molecule has 0 saturated carbocycles. The number of hydrogen-bond donors (Lipinski definition) is 0. The Morgan fingerprint density at radius 2 is 2.18 bits per heavy atom. The van der Waals surface area contributed by atoms with Gasteiger partial charge in [-0.05, 0) is 5.39 Å². The molecule has 0 saturated heterocycles. The van der Waals surface area contributed by atoms with Gasteiger partial charge in [-0.1, -0.05) is 48.2 Å². The van der Waals surface area contributed by atoms with Crippen LogP contribution in [0.15, 0.2) is 42.7 Å². The highest BCUT2D eigenvalue weighted by Crippen LogP contribution is 2.18. The van der Waals surface area contributed by atoms with Gasteiger partial charge in [0.15, 0.2) is 5.12 Å². The van der Waals surface area contributed by atoms with Gasteiger partial charge in [0.05, 0.1) is 0 Å². The molecule has 0 atom stereocenters. The normalized spacial score (nSPS) is 11.1. The molecule has 0 aliphatic heterocycles. The smallest absolute Gasteiger partial charge is 0.186 e. The van der Waals surface area contributed by atoms with Crippen LogP contribution in [0.1, 0.15) is 12.5 Å². The van der Waals surface area contributed by atoms with E-state index in [4.69, 9.17) is 0 Å². The Bertz CT molecular complexity index is 558. The van der Waals surface area contributed by atoms with Gasteiger partial charge < -0.3 is 0 Å². The van der Waals surface area contributed by atoms with Crippen LogP contribution in [0, 0.1) is 0 Å². The largest absolute Gasteiger partial charge is 0.288 e. The minimum Gasteiger partial charge on any atom is -0.288 e. The van der Waals surface area contributed by atoms with E-state index in [-0.39, 0.29) is 5.12 Å². The second-order valence-electron chi connectivity index (χ2n) is 3.65. The van der Waals surface area contributed by atoms with E-state index >= 15 is 0 Å². The molecule has 2 aromatic rings. The molecule has 0 unspecified atom stereocenters. The Morgan fingerprint density at radius 3 is 3.00 bits per heavy atom. The van der Waals surface area contributed by atoms with Crippen LogP contribution >= 0.6 is 11.8 Å². The van der Waals surface area contributed by atoms with Crippen LogP contribution < -0.4 is 0 Å². The van der Waals surface area contributed by atoms with Crippen molar-refractivity contribution in [3.63, 3.8) is 0 Å². The van der Waals surface area contributed by atoms with Gasteiger partial charge in [-0.3, -0.25) is 9.78 Å². The van der Waals surface area contributed by atoms with Crippen LogP contribution in [0.2, 0.25) is 0 Å². The zero-order valence-corrected chi connectivity index (χ0v) is 10.4. The number of nitrogens with zero attached hydrogens (tertiary/aromatic N) is 1. The van der Waals surface area contributed by atoms with Gasteiger partial charge in [0.2, 0.25) is 0 Å². The van der Waals surface area contributed by atoms with Crippen LogP contribution in [0.25, 0.3) is 16.8 Å². The number of thioether (sulfide) groups is 1. The van der Waals surface area contributed by atoms with Gasteiger partial charge in [-0.15, -0.1) is 0 Å². The summed E-state index contributed by atoms with van der Waals surface area (Å²) in [5.74, 6) is 0.707. The Morgan fingerprint density at radius 1 is 1.35 bits per heavy atom. The molecule has 0 bridgehead atoms. The molecular formula is C14H13NOS. The van der Waals surface area contributed by atoms with Gasteiger partial charge >= 0.3 is 0 Å². The van der Waals surface area contributed by atoms with Crippen LogP contribution in [0.3, 0.4) is 0 Å². The van der Waals surface area contributed by atoms with Crippen LogP contribution in [0.5, 0.6) is 0 Å². The van der Waals surface area contributed by atoms with Crippen molar-refractivity contribution >= 4 is 33.7 Å². The summed E-state index contributed by atoms with van der Waals surface area (Å²) >= 11 is 1.31. The molecule has 0 fully saturated rings. The maximum Gasteiger partial charge on any atom is 0.186 e. The van der Waals surface area contributed by atoms with Gasteiger partial charge in [-0.2, -0.15) is 0 Å². The lowest BCUT2D eigenvalue weighted by molar-refractivity contribution is -0.109. The van der Waals surface area contributed by atoms with Crippen molar-refractivity contribution in [1.29, 1.82) is 0 Å². The molecule has 0 amide bonds. The minimum atomic E-state index is 0.144. The molecule has 0 aliphatic carbocycles. The van der Waals surface area contributed by atoms with E-state index < -0.39 is 0 Å². The number of carbonyl (C=O) groups excluding carboxylic acids is 1. The fourth-order valence-electron chi connectivity index (χ4n) is 1.61. The first-order valence-electron chi connectivity index (χ1n) is 5.40. The summed E-state index contributed by atoms with van der Waals surface area (Å²) in [5, 5.41) is 2.46. The molecule has 17 heavy (non-hydrogen) atoms. The van der Waals surface area contributed by atoms with Crippen molar-refractivity contribution in [3.05, 3.63) is 48.3 Å². The van der Waals surface area contributed by atoms with Crippen LogP contribution in [-0.2, 0) is 4.79 Å². The van der Waals surface area contributed by atoms with E-state index in [0.29, 0.717) is 5.75 Å². The highest BCUT2D eigenvalue weighted by atomic mass is 32.2. The number of fused-ring (bicyclic) bond motifs is 1. The molecule has 86 valence electrons. The average molecular weight is 243 g/mol. The van der Waals surface area contributed by atoms with Crippen molar-refractivity contribution in [1.82, 2.24) is 4.98 Å². The Hall–Kier alpha value is -1.61. The van der Waals surface area contributed by atoms with Gasteiger partial charge in [0.1, 0.15) is 0 Å². The lowest BCUT2D eigenvalue weighted by Gasteiger charge is -2.00. The van der Waals surface area contributed by atoms with E-state index in [2.05, 4.69) is 11.1 Å². The topological polar surface area (TPSA) is 30.0 Å². The predicted octanol–water partition coefficient (Wildman–Crippen LogP) is 3.53. The van der Waals surface area contributed by atoms with Gasteiger partial charge in [-0.25, -0.2) is 0 Å². The maximum absolute atomic E-state index is 10.8. The summed E-state index contributed by atoms with van der Waals surface area (Å²) < 4.78 is 0. The average Bonchev–Trinajstić information content (AvgIpc) is 2.34. The first-order valence-corrected chi connectivity index (χ1v) is 6.38. The van der Waals surface area contributed by atoms with Gasteiger partial charge in [0.25, 0.3) is 0 Å². The summed E-state index contributed by atoms with van der Waals surface area (Å²) in [7, 11) is 0. The van der Waals surface area contributed by atoms with Crippen molar-refractivity contribution in [2.75, 3.05) is 5.75 Å². The summed E-state index contributed by atoms with van der Waals surface area (Å²) in [6, 6.07) is 8.14. The third-order valence-electron chi connectivity index (χ3n) is 2.38. The highest BCUT2D eigenvalue weighted by Gasteiger charge is 1.97. The molecule has 0 radical (unpaired) electrons. The van der Waals surface area contributed by atoms with E-state index in [1.165, 1.54) is 17.1 Å². The first-order chi connectivity index (χ1) is 8.27. The summed E-state index contributed by atoms with van der Waals surface area (Å²) in [5.41, 5.74) is 1.09. The van der Waals surface area contributed by atoms with Crippen molar-refractivity contribution in [2.24, 2.45) is 0 Å². The zero-order valence-electron chi connectivity index (χ0n) is 9.59. The summed E-state index contributed by atoms with van der Waals surface area (Å²) in [6.45, 7) is 1.58. The number of hydrogen-bond acceptors (Lipinski definition) is 3. The van der Waals surface area contributed by atoms with E-state index in [9.17, 15) is 4.79 Å². The Labute approximate surface area is 105 Å². The van der Waals surface area contributed by atoms with Crippen LogP contribution in [0.4, 0.5) is 0 Å². The molecule has 2 nitrogen and oxygen atoms in total. The van der Waals surface area contributed by atoms with E-state index in [1.54, 1.807) is 6.92 Å². The summed E-state index contributed by atoms with van der Waals surface area (Å²) in [4.78, 5) is 15.0. The monoisotopic (exact) mass is 243 g/mol. The molecular weight excluding hydrogens is 230 g/mol. The molecule has 1 heterocycles. The van der Waals surface area contributed by atoms with Gasteiger partial charge in [0, 0.05) is 36.0 Å². The molecule has 1 aromatic heterocycles. The van der Waals surface area contributed by atoms with E-state index in [0.717, 1.165) is 10.9 Å². The molecule has 0 spiro atoms. The number of rotatable bonds is 3. The first kappa shape index (κ1) is 11.9. The molecule has 2 rings (SSSR count). The second kappa shape index (κ2) is 5.64. The fraction of sp³-hybridized carbons (Fsp3) is 0.143. The lowest BCUT2D eigenvalue weighted by Crippen LogP contribution is -1.83.